The van der Waals surface area contributed by atoms with E-state index in [-0.39, 0.29) is 21.6 Å². The highest BCUT2D eigenvalue weighted by Gasteiger charge is 2.60. The molecule has 3 fully saturated rings. The second-order valence-corrected chi connectivity index (χ2v) is 12.4. The van der Waals surface area contributed by atoms with Crippen molar-refractivity contribution in [2.45, 2.75) is 44.9 Å². The molecule has 10 heteroatoms. The first-order valence-electron chi connectivity index (χ1n) is 11.1. The van der Waals surface area contributed by atoms with Crippen molar-refractivity contribution in [1.29, 1.82) is 0 Å². The van der Waals surface area contributed by atoms with Gasteiger partial charge in [-0.25, -0.2) is 13.6 Å². The van der Waals surface area contributed by atoms with Crippen molar-refractivity contribution in [2.24, 2.45) is 32.1 Å². The van der Waals surface area contributed by atoms with Crippen molar-refractivity contribution in [3.05, 3.63) is 47.1 Å². The fraction of sp³-hybridized carbons (Fsp3) is 0.375. The normalized spacial score (nSPS) is 29.5. The van der Waals surface area contributed by atoms with Crippen LogP contribution in [0.25, 0.3) is 17.4 Å². The van der Waals surface area contributed by atoms with E-state index < -0.39 is 10.0 Å². The highest BCUT2D eigenvalue weighted by atomic mass is 32.2. The Morgan fingerprint density at radius 3 is 2.50 bits per heavy atom. The van der Waals surface area contributed by atoms with Gasteiger partial charge in [0, 0.05) is 22.8 Å². The number of hydrogen-bond acceptors (Lipinski definition) is 7. The Morgan fingerprint density at radius 2 is 1.88 bits per heavy atom. The zero-order valence-corrected chi connectivity index (χ0v) is 20.8. The maximum atomic E-state index is 12.4. The van der Waals surface area contributed by atoms with Crippen LogP contribution in [0.2, 0.25) is 0 Å². The lowest BCUT2D eigenvalue weighted by Gasteiger charge is -2.34. The summed E-state index contributed by atoms with van der Waals surface area (Å²) in [7, 11) is -3.75. The average Bonchev–Trinajstić information content (AvgIpc) is 3.48. The standard InChI is InChI=1S/C24H26N4O4S2/c1-23(2)15-10-11-24(23,3)20(12-15)27-28-22-26-21(29)19(33-22)13-16-6-9-18(32-16)14-4-7-17(8-5-14)34(25,30)31/h4-9,13,15H,10-12H2,1-3H3,(H2,25,30,31)(H,26,28,29). The topological polar surface area (TPSA) is 127 Å². The molecule has 3 aliphatic rings. The number of carbonyl (C=O) groups excluding carboxylic acids is 1. The van der Waals surface area contributed by atoms with Crippen LogP contribution in [0, 0.1) is 16.7 Å². The molecular weight excluding hydrogens is 472 g/mol. The van der Waals surface area contributed by atoms with Crippen LogP contribution in [0.15, 0.2) is 60.8 Å². The molecule has 1 amide bonds. The summed E-state index contributed by atoms with van der Waals surface area (Å²) in [6, 6.07) is 9.59. The van der Waals surface area contributed by atoms with E-state index in [1.165, 1.54) is 30.3 Å². The zero-order chi connectivity index (χ0) is 24.3. The van der Waals surface area contributed by atoms with E-state index in [4.69, 9.17) is 9.56 Å². The molecule has 0 radical (unpaired) electrons. The monoisotopic (exact) mass is 498 g/mol. The summed E-state index contributed by atoms with van der Waals surface area (Å²) in [6.07, 6.45) is 4.98. The minimum absolute atomic E-state index is 0.0301. The Hall–Kier alpha value is -2.69. The molecule has 2 bridgehead atoms. The van der Waals surface area contributed by atoms with Crippen molar-refractivity contribution < 1.29 is 17.6 Å². The minimum atomic E-state index is -3.75. The number of sulfonamides is 1. The van der Waals surface area contributed by atoms with Crippen LogP contribution in [0.5, 0.6) is 0 Å². The van der Waals surface area contributed by atoms with Gasteiger partial charge >= 0.3 is 0 Å². The molecule has 178 valence electrons. The summed E-state index contributed by atoms with van der Waals surface area (Å²) < 4.78 is 28.7. The first-order valence-corrected chi connectivity index (χ1v) is 13.4. The van der Waals surface area contributed by atoms with Crippen LogP contribution in [-0.2, 0) is 14.8 Å². The summed E-state index contributed by atoms with van der Waals surface area (Å²) in [4.78, 5) is 12.9. The number of rotatable bonds is 4. The molecule has 5 rings (SSSR count). The Labute approximate surface area is 202 Å². The van der Waals surface area contributed by atoms with E-state index in [0.29, 0.717) is 33.1 Å². The van der Waals surface area contributed by atoms with E-state index in [1.807, 2.05) is 0 Å². The summed E-state index contributed by atoms with van der Waals surface area (Å²) in [6.45, 7) is 6.92. The van der Waals surface area contributed by atoms with Crippen LogP contribution >= 0.6 is 11.8 Å². The summed E-state index contributed by atoms with van der Waals surface area (Å²) in [5.74, 6) is 1.43. The Morgan fingerprint density at radius 1 is 1.15 bits per heavy atom. The highest BCUT2D eigenvalue weighted by molar-refractivity contribution is 8.18. The van der Waals surface area contributed by atoms with E-state index in [1.54, 1.807) is 30.3 Å². The molecule has 3 N–H and O–H groups in total. The predicted octanol–water partition coefficient (Wildman–Crippen LogP) is 4.36. The largest absolute Gasteiger partial charge is 0.457 e. The van der Waals surface area contributed by atoms with Crippen LogP contribution in [-0.4, -0.2) is 25.2 Å². The molecule has 1 saturated heterocycles. The third-order valence-electron chi connectivity index (χ3n) is 7.79. The third-order valence-corrected chi connectivity index (χ3v) is 9.62. The number of benzene rings is 1. The SMILES string of the molecule is CC12CCC(CC1=NN=C1NC(=O)C(=Cc3ccc(-c4ccc(S(N)(=O)=O)cc4)o3)S1)C2(C)C. The molecule has 2 saturated carbocycles. The fourth-order valence-corrected chi connectivity index (χ4v) is 6.45. The van der Waals surface area contributed by atoms with Gasteiger partial charge in [-0.3, -0.25) is 10.1 Å². The predicted molar refractivity (Wildman–Crippen MR) is 133 cm³/mol. The van der Waals surface area contributed by atoms with Crippen molar-refractivity contribution in [2.75, 3.05) is 0 Å². The number of fused-ring (bicyclic) bond motifs is 2. The van der Waals surface area contributed by atoms with Crippen molar-refractivity contribution in [3.63, 3.8) is 0 Å². The van der Waals surface area contributed by atoms with Gasteiger partial charge in [-0.15, -0.1) is 5.10 Å². The summed E-state index contributed by atoms with van der Waals surface area (Å²) >= 11 is 1.23. The molecule has 2 atom stereocenters. The van der Waals surface area contributed by atoms with Gasteiger partial charge in [0.25, 0.3) is 5.91 Å². The van der Waals surface area contributed by atoms with E-state index >= 15 is 0 Å². The number of nitrogens with one attached hydrogen (secondary N) is 1. The van der Waals surface area contributed by atoms with Crippen molar-refractivity contribution in [3.8, 4) is 11.3 Å². The lowest BCUT2D eigenvalue weighted by Crippen LogP contribution is -2.32. The molecule has 1 aliphatic heterocycles. The zero-order valence-electron chi connectivity index (χ0n) is 19.2. The van der Waals surface area contributed by atoms with E-state index in [9.17, 15) is 13.2 Å². The number of furan rings is 1. The van der Waals surface area contributed by atoms with Gasteiger partial charge in [0.2, 0.25) is 10.0 Å². The molecule has 2 unspecified atom stereocenters. The third kappa shape index (κ3) is 3.83. The van der Waals surface area contributed by atoms with Crippen LogP contribution in [0.1, 0.15) is 45.8 Å². The maximum absolute atomic E-state index is 12.4. The minimum Gasteiger partial charge on any atom is -0.457 e. The van der Waals surface area contributed by atoms with Gasteiger partial charge < -0.3 is 4.42 Å². The molecule has 0 spiro atoms. The molecule has 2 heterocycles. The molecule has 8 nitrogen and oxygen atoms in total. The summed E-state index contributed by atoms with van der Waals surface area (Å²) in [5, 5.41) is 17.3. The Kier molecular flexibility index (Phi) is 5.38. The number of amidine groups is 1. The molecule has 34 heavy (non-hydrogen) atoms. The number of amides is 1. The number of carbonyl (C=O) groups is 1. The van der Waals surface area contributed by atoms with Crippen LogP contribution < -0.4 is 10.5 Å². The lowest BCUT2D eigenvalue weighted by molar-refractivity contribution is -0.115. The smallest absolute Gasteiger partial charge is 0.264 e. The quantitative estimate of drug-likeness (QED) is 0.478. The second kappa shape index (κ2) is 7.93. The second-order valence-electron chi connectivity index (χ2n) is 9.78. The van der Waals surface area contributed by atoms with Crippen molar-refractivity contribution in [1.82, 2.24) is 5.32 Å². The first-order chi connectivity index (χ1) is 16.0. The average molecular weight is 499 g/mol. The number of nitrogens with two attached hydrogens (primary N) is 1. The van der Waals surface area contributed by atoms with Crippen LogP contribution in [0.3, 0.4) is 0 Å². The number of nitrogens with zero attached hydrogens (tertiary/aromatic N) is 2. The van der Waals surface area contributed by atoms with E-state index in [2.05, 4.69) is 36.3 Å². The van der Waals surface area contributed by atoms with Crippen LogP contribution in [0.4, 0.5) is 0 Å². The van der Waals surface area contributed by atoms with Gasteiger partial charge in [0.15, 0.2) is 5.17 Å². The highest BCUT2D eigenvalue weighted by Crippen LogP contribution is 2.64. The Bertz CT molecular complexity index is 1370. The number of thioether (sulfide) groups is 1. The molecule has 1 aromatic carbocycles. The van der Waals surface area contributed by atoms with Gasteiger partial charge in [-0.05, 0) is 78.8 Å². The first kappa shape index (κ1) is 23.1. The van der Waals surface area contributed by atoms with Gasteiger partial charge in [-0.1, -0.05) is 20.8 Å². The Balaban J connectivity index is 1.32. The van der Waals surface area contributed by atoms with Crippen molar-refractivity contribution >= 4 is 44.6 Å². The number of primary sulfonamides is 1. The number of hydrogen-bond donors (Lipinski definition) is 2. The van der Waals surface area contributed by atoms with E-state index in [0.717, 1.165) is 18.6 Å². The molecule has 2 aromatic rings. The molecular formula is C24H26N4O4S2. The molecule has 1 aromatic heterocycles. The molecule has 2 aliphatic carbocycles. The summed E-state index contributed by atoms with van der Waals surface area (Å²) in [5.41, 5.74) is 2.10. The lowest BCUT2D eigenvalue weighted by atomic mass is 9.70. The van der Waals surface area contributed by atoms with Gasteiger partial charge in [-0.2, -0.15) is 5.10 Å². The van der Waals surface area contributed by atoms with Gasteiger partial charge in [0.05, 0.1) is 9.80 Å². The fourth-order valence-electron chi connectivity index (χ4n) is 5.18. The van der Waals surface area contributed by atoms with Gasteiger partial charge in [0.1, 0.15) is 11.5 Å². The maximum Gasteiger partial charge on any atom is 0.264 e.